The molecule has 2 fully saturated rings. The first-order valence-electron chi connectivity index (χ1n) is 8.08. The predicted molar refractivity (Wildman–Crippen MR) is 85.2 cm³/mol. The summed E-state index contributed by atoms with van der Waals surface area (Å²) in [6.45, 7) is 0. The molecule has 2 saturated heterocycles. The molecule has 3 heterocycles. The first kappa shape index (κ1) is 13.7. The molecule has 2 unspecified atom stereocenters. The Morgan fingerprint density at radius 3 is 2.41 bits per heavy atom. The molecule has 1 aromatic heterocycles. The minimum Gasteiger partial charge on any atom is -0.300 e. The quantitative estimate of drug-likeness (QED) is 0.817. The van der Waals surface area contributed by atoms with Gasteiger partial charge in [-0.05, 0) is 63.1 Å². The van der Waals surface area contributed by atoms with Gasteiger partial charge in [-0.25, -0.2) is 4.68 Å². The summed E-state index contributed by atoms with van der Waals surface area (Å²) in [7, 11) is 2.21. The fraction of sp³-hybridized carbons (Fsp3) is 0.444. The van der Waals surface area contributed by atoms with E-state index in [-0.39, 0.29) is 5.92 Å². The Bertz CT molecular complexity index is 648. The number of aromatic nitrogens is 2. The van der Waals surface area contributed by atoms with Crippen LogP contribution in [0.5, 0.6) is 0 Å². The Labute approximate surface area is 130 Å². The fourth-order valence-electron chi connectivity index (χ4n) is 4.06. The Hall–Kier alpha value is -1.94. The molecule has 1 aromatic carbocycles. The van der Waals surface area contributed by atoms with Crippen molar-refractivity contribution in [2.75, 3.05) is 7.05 Å². The number of hydrogen-bond acceptors (Lipinski definition) is 3. The Balaban J connectivity index is 1.51. The average Bonchev–Trinajstić information content (AvgIpc) is 3.13. The second-order valence-electron chi connectivity index (χ2n) is 6.58. The summed E-state index contributed by atoms with van der Waals surface area (Å²) in [6, 6.07) is 11.0. The lowest BCUT2D eigenvalue weighted by Crippen LogP contribution is -2.42. The van der Waals surface area contributed by atoms with E-state index in [2.05, 4.69) is 17.0 Å². The van der Waals surface area contributed by atoms with E-state index in [4.69, 9.17) is 0 Å². The topological polar surface area (TPSA) is 38.1 Å². The van der Waals surface area contributed by atoms with Crippen LogP contribution in [0.1, 0.15) is 36.0 Å². The Morgan fingerprint density at radius 2 is 1.82 bits per heavy atom. The molecule has 4 heteroatoms. The molecule has 0 N–H and O–H groups in total. The average molecular weight is 295 g/mol. The van der Waals surface area contributed by atoms with Crippen molar-refractivity contribution >= 4 is 5.78 Å². The van der Waals surface area contributed by atoms with Crippen LogP contribution >= 0.6 is 0 Å². The summed E-state index contributed by atoms with van der Waals surface area (Å²) < 4.78 is 1.81. The van der Waals surface area contributed by atoms with Crippen LogP contribution in [0.3, 0.4) is 0 Å². The first-order chi connectivity index (χ1) is 10.7. The maximum absolute atomic E-state index is 12.8. The van der Waals surface area contributed by atoms with Crippen molar-refractivity contribution in [2.24, 2.45) is 5.92 Å². The lowest BCUT2D eigenvalue weighted by molar-refractivity contribution is 0.0767. The minimum absolute atomic E-state index is 0.198. The third kappa shape index (κ3) is 2.28. The third-order valence-corrected chi connectivity index (χ3v) is 5.39. The van der Waals surface area contributed by atoms with Crippen LogP contribution < -0.4 is 0 Å². The number of carbonyl (C=O) groups excluding carboxylic acids is 1. The van der Waals surface area contributed by atoms with E-state index in [0.29, 0.717) is 17.9 Å². The number of ketones is 1. The number of hydrogen-bond donors (Lipinski definition) is 0. The molecule has 2 bridgehead atoms. The first-order valence-corrected chi connectivity index (χ1v) is 8.08. The summed E-state index contributed by atoms with van der Waals surface area (Å²) in [6.07, 6.45) is 8.21. The third-order valence-electron chi connectivity index (χ3n) is 5.39. The molecule has 2 aliphatic heterocycles. The van der Waals surface area contributed by atoms with E-state index in [9.17, 15) is 4.79 Å². The highest BCUT2D eigenvalue weighted by Crippen LogP contribution is 2.38. The molecule has 0 spiro atoms. The zero-order chi connectivity index (χ0) is 15.1. The molecule has 0 radical (unpaired) electrons. The maximum atomic E-state index is 12.8. The molecule has 4 nitrogen and oxygen atoms in total. The largest absolute Gasteiger partial charge is 0.300 e. The molecular weight excluding hydrogens is 274 g/mol. The van der Waals surface area contributed by atoms with E-state index in [1.54, 1.807) is 6.20 Å². The number of piperidine rings is 1. The van der Waals surface area contributed by atoms with E-state index < -0.39 is 0 Å². The normalized spacial score (nSPS) is 28.0. The van der Waals surface area contributed by atoms with Gasteiger partial charge in [-0.15, -0.1) is 0 Å². The zero-order valence-corrected chi connectivity index (χ0v) is 12.9. The molecule has 4 rings (SSSR count). The number of fused-ring (bicyclic) bond motifs is 2. The summed E-state index contributed by atoms with van der Waals surface area (Å²) >= 11 is 0. The van der Waals surface area contributed by atoms with Crippen LogP contribution in [0.4, 0.5) is 0 Å². The van der Waals surface area contributed by atoms with Gasteiger partial charge in [-0.2, -0.15) is 5.10 Å². The molecule has 0 amide bonds. The standard InChI is InChI=1S/C18H21N3O/c1-20-16-7-8-17(20)12-14(11-16)18(22)13-3-5-15(6-4-13)21-10-2-9-19-21/h2-6,9-10,14,16-17H,7-8,11-12H2,1H3. The Kier molecular flexibility index (Phi) is 3.34. The highest BCUT2D eigenvalue weighted by atomic mass is 16.1. The molecular formula is C18H21N3O. The van der Waals surface area contributed by atoms with Crippen molar-refractivity contribution in [1.29, 1.82) is 0 Å². The highest BCUT2D eigenvalue weighted by Gasteiger charge is 2.40. The van der Waals surface area contributed by atoms with Crippen LogP contribution in [0.15, 0.2) is 42.7 Å². The monoisotopic (exact) mass is 295 g/mol. The van der Waals surface area contributed by atoms with Crippen molar-refractivity contribution in [3.05, 3.63) is 48.3 Å². The van der Waals surface area contributed by atoms with Gasteiger partial charge in [0.1, 0.15) is 0 Å². The summed E-state index contributed by atoms with van der Waals surface area (Å²) in [4.78, 5) is 15.3. The molecule has 114 valence electrons. The van der Waals surface area contributed by atoms with Crippen LogP contribution in [0, 0.1) is 5.92 Å². The van der Waals surface area contributed by atoms with Crippen LogP contribution in [0.25, 0.3) is 5.69 Å². The van der Waals surface area contributed by atoms with Gasteiger partial charge in [0.25, 0.3) is 0 Å². The fourth-order valence-corrected chi connectivity index (χ4v) is 4.06. The van der Waals surface area contributed by atoms with Crippen molar-refractivity contribution in [3.8, 4) is 5.69 Å². The molecule has 0 aliphatic carbocycles. The van der Waals surface area contributed by atoms with Crippen LogP contribution in [0.2, 0.25) is 0 Å². The van der Waals surface area contributed by atoms with Gasteiger partial charge in [0, 0.05) is 36.0 Å². The lowest BCUT2D eigenvalue weighted by atomic mass is 9.85. The van der Waals surface area contributed by atoms with Crippen molar-refractivity contribution in [1.82, 2.24) is 14.7 Å². The maximum Gasteiger partial charge on any atom is 0.166 e. The van der Waals surface area contributed by atoms with Gasteiger partial charge in [0.15, 0.2) is 5.78 Å². The summed E-state index contributed by atoms with van der Waals surface area (Å²) in [5, 5.41) is 4.21. The minimum atomic E-state index is 0.198. The molecule has 2 aromatic rings. The van der Waals surface area contributed by atoms with Gasteiger partial charge in [-0.1, -0.05) is 0 Å². The number of carbonyl (C=O) groups is 1. The lowest BCUT2D eigenvalue weighted by Gasteiger charge is -2.35. The smallest absolute Gasteiger partial charge is 0.166 e. The second kappa shape index (κ2) is 5.36. The molecule has 2 atom stereocenters. The SMILES string of the molecule is CN1C2CCC1CC(C(=O)c1ccc(-n3cccn3)cc1)C2. The zero-order valence-electron chi connectivity index (χ0n) is 12.9. The van der Waals surface area contributed by atoms with E-state index in [0.717, 1.165) is 24.1 Å². The van der Waals surface area contributed by atoms with Crippen molar-refractivity contribution in [3.63, 3.8) is 0 Å². The molecule has 0 saturated carbocycles. The predicted octanol–water partition coefficient (Wildman–Crippen LogP) is 2.93. The van der Waals surface area contributed by atoms with E-state index in [1.165, 1.54) is 12.8 Å². The van der Waals surface area contributed by atoms with Gasteiger partial charge in [0.05, 0.1) is 5.69 Å². The molecule has 2 aliphatic rings. The van der Waals surface area contributed by atoms with Gasteiger partial charge in [0.2, 0.25) is 0 Å². The second-order valence-corrected chi connectivity index (χ2v) is 6.58. The number of benzene rings is 1. The highest BCUT2D eigenvalue weighted by molar-refractivity contribution is 5.98. The van der Waals surface area contributed by atoms with E-state index >= 15 is 0 Å². The van der Waals surface area contributed by atoms with Crippen LogP contribution in [-0.4, -0.2) is 39.6 Å². The summed E-state index contributed by atoms with van der Waals surface area (Å²) in [5.41, 5.74) is 1.83. The van der Waals surface area contributed by atoms with Gasteiger partial charge in [-0.3, -0.25) is 4.79 Å². The number of rotatable bonds is 3. The number of Topliss-reactive ketones (excluding diaryl/α,β-unsaturated/α-hetero) is 1. The summed E-state index contributed by atoms with van der Waals surface area (Å²) in [5.74, 6) is 0.515. The van der Waals surface area contributed by atoms with Gasteiger partial charge < -0.3 is 4.90 Å². The van der Waals surface area contributed by atoms with Gasteiger partial charge >= 0.3 is 0 Å². The molecule has 22 heavy (non-hydrogen) atoms. The van der Waals surface area contributed by atoms with Crippen molar-refractivity contribution < 1.29 is 4.79 Å². The Morgan fingerprint density at radius 1 is 1.14 bits per heavy atom. The number of nitrogens with zero attached hydrogens (tertiary/aromatic N) is 3. The van der Waals surface area contributed by atoms with E-state index in [1.807, 2.05) is 41.2 Å². The van der Waals surface area contributed by atoms with Crippen LogP contribution in [-0.2, 0) is 0 Å². The van der Waals surface area contributed by atoms with Crippen molar-refractivity contribution in [2.45, 2.75) is 37.8 Å².